The summed E-state index contributed by atoms with van der Waals surface area (Å²) in [7, 11) is 1.55. The number of amides is 1. The number of thiophene rings is 1. The van der Waals surface area contributed by atoms with Gasteiger partial charge < -0.3 is 10.1 Å². The molecule has 1 N–H and O–H groups in total. The Morgan fingerprint density at radius 1 is 1.22 bits per heavy atom. The lowest BCUT2D eigenvalue weighted by Gasteiger charge is -2.13. The zero-order valence-corrected chi connectivity index (χ0v) is 16.2. The van der Waals surface area contributed by atoms with Gasteiger partial charge in [0.05, 0.1) is 12.6 Å². The standard InChI is InChI=1S/C19H21N3O4S/c1-12(2)10-22-18(24)17-15(7-8-27-17)21(19(22)25)11-16(23)20-13-5-4-6-14(9-13)26-3/h4-9,12H,10-11H2,1-3H3,(H,20,23). The van der Waals surface area contributed by atoms with E-state index in [4.69, 9.17) is 4.74 Å². The number of aromatic nitrogens is 2. The highest BCUT2D eigenvalue weighted by atomic mass is 32.1. The van der Waals surface area contributed by atoms with E-state index >= 15 is 0 Å². The maximum Gasteiger partial charge on any atom is 0.332 e. The third kappa shape index (κ3) is 3.95. The number of ether oxygens (including phenoxy) is 1. The predicted molar refractivity (Wildman–Crippen MR) is 107 cm³/mol. The van der Waals surface area contributed by atoms with Crippen molar-refractivity contribution in [2.24, 2.45) is 5.92 Å². The normalized spacial score (nSPS) is 11.1. The second-order valence-corrected chi connectivity index (χ2v) is 7.51. The van der Waals surface area contributed by atoms with Crippen molar-refractivity contribution in [2.75, 3.05) is 12.4 Å². The Morgan fingerprint density at radius 3 is 2.70 bits per heavy atom. The van der Waals surface area contributed by atoms with Gasteiger partial charge in [0.1, 0.15) is 17.0 Å². The summed E-state index contributed by atoms with van der Waals surface area (Å²) < 4.78 is 8.18. The van der Waals surface area contributed by atoms with Crippen LogP contribution in [0.1, 0.15) is 13.8 Å². The van der Waals surface area contributed by atoms with Crippen LogP contribution in [0, 0.1) is 5.92 Å². The van der Waals surface area contributed by atoms with Crippen molar-refractivity contribution in [3.05, 3.63) is 56.5 Å². The number of hydrogen-bond donors (Lipinski definition) is 1. The maximum absolute atomic E-state index is 12.9. The molecule has 8 heteroatoms. The fourth-order valence-electron chi connectivity index (χ4n) is 2.86. The minimum atomic E-state index is -0.472. The molecule has 2 heterocycles. The molecule has 0 atom stereocenters. The van der Waals surface area contributed by atoms with Crippen LogP contribution >= 0.6 is 11.3 Å². The molecule has 2 aromatic heterocycles. The summed E-state index contributed by atoms with van der Waals surface area (Å²) >= 11 is 1.27. The largest absolute Gasteiger partial charge is 0.497 e. The molecule has 0 unspecified atom stereocenters. The fraction of sp³-hybridized carbons (Fsp3) is 0.316. The monoisotopic (exact) mass is 387 g/mol. The van der Waals surface area contributed by atoms with Crippen LogP contribution in [0.3, 0.4) is 0 Å². The van der Waals surface area contributed by atoms with Crippen LogP contribution in [0.5, 0.6) is 5.75 Å². The van der Waals surface area contributed by atoms with Crippen LogP contribution in [0.2, 0.25) is 0 Å². The molecule has 0 fully saturated rings. The summed E-state index contributed by atoms with van der Waals surface area (Å²) in [5.74, 6) is 0.398. The van der Waals surface area contributed by atoms with Gasteiger partial charge in [-0.15, -0.1) is 11.3 Å². The van der Waals surface area contributed by atoms with Gasteiger partial charge in [-0.2, -0.15) is 0 Å². The third-order valence-electron chi connectivity index (χ3n) is 4.04. The molecular weight excluding hydrogens is 366 g/mol. The lowest BCUT2D eigenvalue weighted by atomic mass is 10.2. The minimum absolute atomic E-state index is 0.131. The van der Waals surface area contributed by atoms with E-state index in [0.717, 1.165) is 0 Å². The molecule has 27 heavy (non-hydrogen) atoms. The van der Waals surface area contributed by atoms with E-state index in [0.29, 0.717) is 28.2 Å². The number of nitrogens with one attached hydrogen (secondary N) is 1. The van der Waals surface area contributed by atoms with Crippen LogP contribution in [0.15, 0.2) is 45.3 Å². The highest BCUT2D eigenvalue weighted by molar-refractivity contribution is 7.17. The summed E-state index contributed by atoms with van der Waals surface area (Å²) in [4.78, 5) is 38.0. The molecule has 0 saturated heterocycles. The van der Waals surface area contributed by atoms with Crippen molar-refractivity contribution in [3.8, 4) is 5.75 Å². The van der Waals surface area contributed by atoms with E-state index in [1.54, 1.807) is 42.8 Å². The van der Waals surface area contributed by atoms with Crippen molar-refractivity contribution in [3.63, 3.8) is 0 Å². The van der Waals surface area contributed by atoms with E-state index in [9.17, 15) is 14.4 Å². The molecule has 0 aliphatic rings. The number of benzene rings is 1. The maximum atomic E-state index is 12.9. The molecule has 7 nitrogen and oxygen atoms in total. The molecule has 3 aromatic rings. The number of fused-ring (bicyclic) bond motifs is 1. The van der Waals surface area contributed by atoms with Gasteiger partial charge in [0.2, 0.25) is 5.91 Å². The molecule has 1 aromatic carbocycles. The Labute approximate surface area is 159 Å². The van der Waals surface area contributed by atoms with Gasteiger partial charge in [-0.25, -0.2) is 4.79 Å². The molecule has 0 saturated carbocycles. The molecule has 142 valence electrons. The first-order valence-corrected chi connectivity index (χ1v) is 9.43. The van der Waals surface area contributed by atoms with E-state index in [2.05, 4.69) is 5.32 Å². The van der Waals surface area contributed by atoms with Crippen molar-refractivity contribution < 1.29 is 9.53 Å². The van der Waals surface area contributed by atoms with Crippen molar-refractivity contribution in [2.45, 2.75) is 26.9 Å². The highest BCUT2D eigenvalue weighted by Gasteiger charge is 2.17. The van der Waals surface area contributed by atoms with E-state index < -0.39 is 5.69 Å². The number of methoxy groups -OCH3 is 1. The molecule has 0 spiro atoms. The second kappa shape index (κ2) is 7.79. The molecule has 0 aliphatic carbocycles. The van der Waals surface area contributed by atoms with Gasteiger partial charge in [-0.3, -0.25) is 18.7 Å². The first-order valence-electron chi connectivity index (χ1n) is 8.55. The number of anilines is 1. The lowest BCUT2D eigenvalue weighted by Crippen LogP contribution is -2.42. The molecule has 3 rings (SSSR count). The van der Waals surface area contributed by atoms with Gasteiger partial charge in [0.15, 0.2) is 0 Å². The van der Waals surface area contributed by atoms with Gasteiger partial charge in [-0.1, -0.05) is 19.9 Å². The summed E-state index contributed by atoms with van der Waals surface area (Å²) in [5, 5.41) is 4.51. The van der Waals surface area contributed by atoms with E-state index in [-0.39, 0.29) is 23.9 Å². The topological polar surface area (TPSA) is 82.3 Å². The first kappa shape index (κ1) is 18.9. The zero-order valence-electron chi connectivity index (χ0n) is 15.4. The van der Waals surface area contributed by atoms with Crippen LogP contribution in [0.4, 0.5) is 5.69 Å². The average molecular weight is 387 g/mol. The van der Waals surface area contributed by atoms with Crippen LogP contribution in [-0.4, -0.2) is 22.2 Å². The summed E-state index contributed by atoms with van der Waals surface area (Å²) in [6.07, 6.45) is 0. The molecular formula is C19H21N3O4S. The Balaban J connectivity index is 1.96. The molecule has 1 amide bonds. The second-order valence-electron chi connectivity index (χ2n) is 6.59. The van der Waals surface area contributed by atoms with E-state index in [1.165, 1.54) is 20.5 Å². The van der Waals surface area contributed by atoms with Crippen molar-refractivity contribution >= 4 is 33.1 Å². The Bertz CT molecular complexity index is 1090. The fourth-order valence-corrected chi connectivity index (χ4v) is 3.70. The lowest BCUT2D eigenvalue weighted by molar-refractivity contribution is -0.116. The summed E-state index contributed by atoms with van der Waals surface area (Å²) in [6.45, 7) is 4.00. The first-order chi connectivity index (χ1) is 12.9. The van der Waals surface area contributed by atoms with Gasteiger partial charge in [-0.05, 0) is 29.5 Å². The summed E-state index contributed by atoms with van der Waals surface area (Å²) in [5.41, 5.74) is 0.281. The van der Waals surface area contributed by atoms with Crippen molar-refractivity contribution in [1.29, 1.82) is 0 Å². The minimum Gasteiger partial charge on any atom is -0.497 e. The van der Waals surface area contributed by atoms with Crippen LogP contribution in [0.25, 0.3) is 10.2 Å². The van der Waals surface area contributed by atoms with Gasteiger partial charge in [0.25, 0.3) is 5.56 Å². The molecule has 0 radical (unpaired) electrons. The Morgan fingerprint density at radius 2 is 2.00 bits per heavy atom. The Kier molecular flexibility index (Phi) is 5.46. The SMILES string of the molecule is COc1cccc(NC(=O)Cn2c(=O)n(CC(C)C)c(=O)c3sccc32)c1. The number of rotatable bonds is 6. The van der Waals surface area contributed by atoms with Crippen LogP contribution in [-0.2, 0) is 17.9 Å². The average Bonchev–Trinajstić information content (AvgIpc) is 3.12. The summed E-state index contributed by atoms with van der Waals surface area (Å²) in [6, 6.07) is 8.67. The highest BCUT2D eigenvalue weighted by Crippen LogP contribution is 2.18. The molecule has 0 aliphatic heterocycles. The molecule has 0 bridgehead atoms. The Hall–Kier alpha value is -2.87. The van der Waals surface area contributed by atoms with Crippen LogP contribution < -0.4 is 21.3 Å². The number of carbonyl (C=O) groups excluding carboxylic acids is 1. The number of nitrogens with zero attached hydrogens (tertiary/aromatic N) is 2. The third-order valence-corrected chi connectivity index (χ3v) is 4.93. The predicted octanol–water partition coefficient (Wildman–Crippen LogP) is 2.53. The van der Waals surface area contributed by atoms with Crippen molar-refractivity contribution in [1.82, 2.24) is 9.13 Å². The van der Waals surface area contributed by atoms with Gasteiger partial charge in [0, 0.05) is 18.3 Å². The smallest absolute Gasteiger partial charge is 0.332 e. The zero-order chi connectivity index (χ0) is 19.6. The van der Waals surface area contributed by atoms with Gasteiger partial charge >= 0.3 is 5.69 Å². The number of hydrogen-bond acceptors (Lipinski definition) is 5. The van der Waals surface area contributed by atoms with E-state index in [1.807, 2.05) is 13.8 Å². The number of carbonyl (C=O) groups is 1. The quantitative estimate of drug-likeness (QED) is 0.705.